The number of anilines is 3. The third-order valence-corrected chi connectivity index (χ3v) is 2.94. The Morgan fingerprint density at radius 1 is 1.11 bits per heavy atom. The number of rotatable bonds is 4. The molecule has 1 aromatic heterocycles. The van der Waals surface area contributed by atoms with Crippen LogP contribution in [0.1, 0.15) is 25.0 Å². The molecule has 1 heterocycles. The molecular weight excluding hydrogens is 224 g/mol. The van der Waals surface area contributed by atoms with E-state index >= 15 is 0 Å². The summed E-state index contributed by atoms with van der Waals surface area (Å²) in [5, 5.41) is 3.35. The fourth-order valence-corrected chi connectivity index (χ4v) is 1.97. The van der Waals surface area contributed by atoms with Gasteiger partial charge in [0.15, 0.2) is 0 Å². The number of hydrogen-bond donors (Lipinski definition) is 2. The summed E-state index contributed by atoms with van der Waals surface area (Å²) >= 11 is 0. The van der Waals surface area contributed by atoms with Crippen molar-refractivity contribution >= 4 is 17.3 Å². The van der Waals surface area contributed by atoms with Crippen molar-refractivity contribution in [3.63, 3.8) is 0 Å². The van der Waals surface area contributed by atoms with E-state index in [2.05, 4.69) is 47.3 Å². The number of hydrogen-bond acceptors (Lipinski definition) is 4. The highest BCUT2D eigenvalue weighted by molar-refractivity contribution is 5.66. The summed E-state index contributed by atoms with van der Waals surface area (Å²) in [5.74, 6) is 1.21. The van der Waals surface area contributed by atoms with Gasteiger partial charge in [0.2, 0.25) is 0 Å². The van der Waals surface area contributed by atoms with Gasteiger partial charge >= 0.3 is 0 Å². The van der Waals surface area contributed by atoms with Crippen molar-refractivity contribution in [3.05, 3.63) is 41.7 Å². The molecule has 0 fully saturated rings. The minimum Gasteiger partial charge on any atom is -0.384 e. The summed E-state index contributed by atoms with van der Waals surface area (Å²) in [6.45, 7) is 4.29. The number of aromatic nitrogens is 2. The molecule has 94 valence electrons. The zero-order chi connectivity index (χ0) is 13.0. The lowest BCUT2D eigenvalue weighted by Crippen LogP contribution is -2.02. The van der Waals surface area contributed by atoms with E-state index in [1.807, 2.05) is 0 Å². The van der Waals surface area contributed by atoms with Crippen LogP contribution < -0.4 is 11.1 Å². The van der Waals surface area contributed by atoms with Crippen LogP contribution in [-0.2, 0) is 12.8 Å². The number of nitrogens with zero attached hydrogens (tertiary/aromatic N) is 2. The third-order valence-electron chi connectivity index (χ3n) is 2.94. The maximum absolute atomic E-state index is 5.66. The molecule has 0 aliphatic rings. The van der Waals surface area contributed by atoms with E-state index in [-0.39, 0.29) is 0 Å². The number of nitrogens with one attached hydrogen (secondary N) is 1. The van der Waals surface area contributed by atoms with E-state index in [1.165, 1.54) is 17.5 Å². The van der Waals surface area contributed by atoms with Crippen molar-refractivity contribution in [1.82, 2.24) is 9.97 Å². The first-order valence-electron chi connectivity index (χ1n) is 6.19. The van der Waals surface area contributed by atoms with Gasteiger partial charge in [0.05, 0.1) is 0 Å². The molecule has 0 atom stereocenters. The average Bonchev–Trinajstić information content (AvgIpc) is 2.39. The van der Waals surface area contributed by atoms with Gasteiger partial charge in [-0.15, -0.1) is 0 Å². The molecule has 0 aliphatic heterocycles. The Labute approximate surface area is 107 Å². The van der Waals surface area contributed by atoms with Gasteiger partial charge in [0.25, 0.3) is 0 Å². The van der Waals surface area contributed by atoms with E-state index < -0.39 is 0 Å². The molecule has 18 heavy (non-hydrogen) atoms. The molecule has 0 bridgehead atoms. The zero-order valence-electron chi connectivity index (χ0n) is 10.8. The number of nitrogen functional groups attached to an aromatic ring is 1. The van der Waals surface area contributed by atoms with Crippen LogP contribution in [0.25, 0.3) is 0 Å². The SMILES string of the molecule is CCc1cccc(CC)c1Nc1cc(N)ncn1. The Hall–Kier alpha value is -2.10. The van der Waals surface area contributed by atoms with Crippen molar-refractivity contribution in [1.29, 1.82) is 0 Å². The molecular formula is C14H18N4. The summed E-state index contributed by atoms with van der Waals surface area (Å²) in [5.41, 5.74) is 9.37. The molecule has 0 saturated heterocycles. The van der Waals surface area contributed by atoms with Crippen molar-refractivity contribution in [2.75, 3.05) is 11.1 Å². The van der Waals surface area contributed by atoms with Gasteiger partial charge < -0.3 is 11.1 Å². The van der Waals surface area contributed by atoms with Crippen molar-refractivity contribution < 1.29 is 0 Å². The predicted molar refractivity (Wildman–Crippen MR) is 74.9 cm³/mol. The lowest BCUT2D eigenvalue weighted by atomic mass is 10.0. The summed E-state index contributed by atoms with van der Waals surface area (Å²) in [4.78, 5) is 8.08. The molecule has 0 amide bonds. The Balaban J connectivity index is 2.38. The molecule has 2 rings (SSSR count). The molecule has 4 nitrogen and oxygen atoms in total. The van der Waals surface area contributed by atoms with Gasteiger partial charge in [0.1, 0.15) is 18.0 Å². The van der Waals surface area contributed by atoms with Crippen LogP contribution in [0.4, 0.5) is 17.3 Å². The van der Waals surface area contributed by atoms with Gasteiger partial charge in [-0.05, 0) is 24.0 Å². The summed E-state index contributed by atoms with van der Waals surface area (Å²) < 4.78 is 0. The first kappa shape index (κ1) is 12.4. The van der Waals surface area contributed by atoms with Gasteiger partial charge in [-0.1, -0.05) is 32.0 Å². The Morgan fingerprint density at radius 2 is 1.78 bits per heavy atom. The van der Waals surface area contributed by atoms with E-state index in [0.29, 0.717) is 5.82 Å². The number of nitrogens with two attached hydrogens (primary N) is 1. The van der Waals surface area contributed by atoms with Crippen molar-refractivity contribution in [2.24, 2.45) is 0 Å². The van der Waals surface area contributed by atoms with Crippen LogP contribution in [0.15, 0.2) is 30.6 Å². The Bertz CT molecular complexity index is 515. The second-order valence-electron chi connectivity index (χ2n) is 4.11. The molecule has 1 aromatic carbocycles. The van der Waals surface area contributed by atoms with Crippen LogP contribution in [0.3, 0.4) is 0 Å². The molecule has 0 radical (unpaired) electrons. The standard InChI is InChI=1S/C14H18N4/c1-3-10-6-5-7-11(4-2)14(10)18-13-8-12(15)16-9-17-13/h5-9H,3-4H2,1-2H3,(H3,15,16,17,18). The van der Waals surface area contributed by atoms with Gasteiger partial charge in [-0.25, -0.2) is 9.97 Å². The highest BCUT2D eigenvalue weighted by Gasteiger charge is 2.07. The van der Waals surface area contributed by atoms with Gasteiger partial charge in [-0.3, -0.25) is 0 Å². The van der Waals surface area contributed by atoms with Crippen molar-refractivity contribution in [2.45, 2.75) is 26.7 Å². The monoisotopic (exact) mass is 242 g/mol. The molecule has 3 N–H and O–H groups in total. The number of para-hydroxylation sites is 1. The highest BCUT2D eigenvalue weighted by atomic mass is 15.0. The second kappa shape index (κ2) is 5.49. The third kappa shape index (κ3) is 2.59. The molecule has 0 unspecified atom stereocenters. The minimum absolute atomic E-state index is 0.472. The predicted octanol–water partition coefficient (Wildman–Crippen LogP) is 2.93. The largest absolute Gasteiger partial charge is 0.384 e. The van der Waals surface area contributed by atoms with E-state index in [1.54, 1.807) is 6.07 Å². The minimum atomic E-state index is 0.472. The summed E-state index contributed by atoms with van der Waals surface area (Å²) in [6, 6.07) is 8.10. The van der Waals surface area contributed by atoms with Crippen LogP contribution >= 0.6 is 0 Å². The molecule has 4 heteroatoms. The van der Waals surface area contributed by atoms with Crippen LogP contribution in [0, 0.1) is 0 Å². The van der Waals surface area contributed by atoms with Crippen LogP contribution in [0.2, 0.25) is 0 Å². The maximum atomic E-state index is 5.66. The smallest absolute Gasteiger partial charge is 0.135 e. The highest BCUT2D eigenvalue weighted by Crippen LogP contribution is 2.25. The molecule has 2 aromatic rings. The first-order chi connectivity index (χ1) is 8.74. The lowest BCUT2D eigenvalue weighted by Gasteiger charge is -2.14. The van der Waals surface area contributed by atoms with E-state index in [9.17, 15) is 0 Å². The summed E-state index contributed by atoms with van der Waals surface area (Å²) in [7, 11) is 0. The quantitative estimate of drug-likeness (QED) is 0.865. The fraction of sp³-hybridized carbons (Fsp3) is 0.286. The fourth-order valence-electron chi connectivity index (χ4n) is 1.97. The normalized spacial score (nSPS) is 10.3. The molecule has 0 spiro atoms. The number of benzene rings is 1. The van der Waals surface area contributed by atoms with Crippen LogP contribution in [0.5, 0.6) is 0 Å². The Morgan fingerprint density at radius 3 is 2.33 bits per heavy atom. The average molecular weight is 242 g/mol. The maximum Gasteiger partial charge on any atom is 0.135 e. The first-order valence-corrected chi connectivity index (χ1v) is 6.19. The Kier molecular flexibility index (Phi) is 3.77. The molecule has 0 saturated carbocycles. The van der Waals surface area contributed by atoms with Crippen molar-refractivity contribution in [3.8, 4) is 0 Å². The number of aryl methyl sites for hydroxylation is 2. The second-order valence-corrected chi connectivity index (χ2v) is 4.11. The van der Waals surface area contributed by atoms with Gasteiger partial charge in [-0.2, -0.15) is 0 Å². The van der Waals surface area contributed by atoms with E-state index in [0.717, 1.165) is 24.3 Å². The molecule has 0 aliphatic carbocycles. The van der Waals surface area contributed by atoms with Crippen LogP contribution in [-0.4, -0.2) is 9.97 Å². The zero-order valence-corrected chi connectivity index (χ0v) is 10.8. The lowest BCUT2D eigenvalue weighted by molar-refractivity contribution is 1.08. The topological polar surface area (TPSA) is 63.8 Å². The summed E-state index contributed by atoms with van der Waals surface area (Å²) in [6.07, 6.45) is 3.44. The van der Waals surface area contributed by atoms with Gasteiger partial charge in [0, 0.05) is 11.8 Å². The van der Waals surface area contributed by atoms with E-state index in [4.69, 9.17) is 5.73 Å².